The molecule has 0 spiro atoms. The minimum Gasteiger partial charge on any atom is -0.496 e. The minimum absolute atomic E-state index is 0.0679. The quantitative estimate of drug-likeness (QED) is 0.905. The van der Waals surface area contributed by atoms with E-state index in [9.17, 15) is 4.79 Å². The van der Waals surface area contributed by atoms with E-state index in [1.165, 1.54) is 12.8 Å². The predicted octanol–water partition coefficient (Wildman–Crippen LogP) is 2.56. The summed E-state index contributed by atoms with van der Waals surface area (Å²) in [5.74, 6) is 2.04. The molecular formula is C17H24N2O2. The van der Waals surface area contributed by atoms with Crippen LogP contribution in [0.3, 0.4) is 0 Å². The van der Waals surface area contributed by atoms with E-state index in [4.69, 9.17) is 4.74 Å². The Hall–Kier alpha value is -1.55. The van der Waals surface area contributed by atoms with Crippen LogP contribution in [0.1, 0.15) is 38.4 Å². The van der Waals surface area contributed by atoms with Gasteiger partial charge in [0.05, 0.1) is 13.2 Å². The van der Waals surface area contributed by atoms with Crippen molar-refractivity contribution >= 4 is 5.91 Å². The van der Waals surface area contributed by atoms with Gasteiger partial charge in [0.2, 0.25) is 5.91 Å². The summed E-state index contributed by atoms with van der Waals surface area (Å²) in [6, 6.07) is 7.87. The van der Waals surface area contributed by atoms with Crippen LogP contribution in [-0.4, -0.2) is 30.5 Å². The Balaban J connectivity index is 1.91. The zero-order chi connectivity index (χ0) is 15.0. The fraction of sp³-hybridized carbons (Fsp3) is 0.588. The first-order valence-corrected chi connectivity index (χ1v) is 7.81. The fourth-order valence-corrected chi connectivity index (χ4v) is 3.04. The Morgan fingerprint density at radius 1 is 1.33 bits per heavy atom. The molecular weight excluding hydrogens is 264 g/mol. The van der Waals surface area contributed by atoms with Gasteiger partial charge in [0, 0.05) is 12.1 Å². The molecule has 1 heterocycles. The molecule has 114 valence electrons. The van der Waals surface area contributed by atoms with Crippen molar-refractivity contribution in [1.82, 2.24) is 10.2 Å². The Morgan fingerprint density at radius 2 is 2.05 bits per heavy atom. The zero-order valence-electron chi connectivity index (χ0n) is 13.0. The van der Waals surface area contributed by atoms with Crippen molar-refractivity contribution in [1.29, 1.82) is 0 Å². The topological polar surface area (TPSA) is 41.6 Å². The van der Waals surface area contributed by atoms with Gasteiger partial charge in [-0.25, -0.2) is 0 Å². The SMILES string of the molecule is COc1ccccc1C1NC(C(C)C)C(=O)N1CC1CC1. The Bertz CT molecular complexity index is 525. The maximum atomic E-state index is 12.7. The highest BCUT2D eigenvalue weighted by Crippen LogP contribution is 2.37. The number of rotatable bonds is 5. The number of hydrogen-bond acceptors (Lipinski definition) is 3. The van der Waals surface area contributed by atoms with Gasteiger partial charge in [-0.15, -0.1) is 0 Å². The van der Waals surface area contributed by atoms with E-state index in [0.717, 1.165) is 17.9 Å². The van der Waals surface area contributed by atoms with Crippen molar-refractivity contribution in [2.24, 2.45) is 11.8 Å². The standard InChI is InChI=1S/C17H24N2O2/c1-11(2)15-17(20)19(10-12-8-9-12)16(18-15)13-6-4-5-7-14(13)21-3/h4-7,11-12,15-16,18H,8-10H2,1-3H3. The predicted molar refractivity (Wildman–Crippen MR) is 81.9 cm³/mol. The third-order valence-electron chi connectivity index (χ3n) is 4.45. The number of hydrogen-bond donors (Lipinski definition) is 1. The molecule has 0 radical (unpaired) electrons. The summed E-state index contributed by atoms with van der Waals surface area (Å²) in [5, 5.41) is 3.51. The normalized spacial score (nSPS) is 25.7. The molecule has 1 aliphatic heterocycles. The summed E-state index contributed by atoms with van der Waals surface area (Å²) < 4.78 is 5.48. The number of nitrogens with one attached hydrogen (secondary N) is 1. The average molecular weight is 288 g/mol. The zero-order valence-corrected chi connectivity index (χ0v) is 13.0. The van der Waals surface area contributed by atoms with Crippen molar-refractivity contribution in [3.05, 3.63) is 29.8 Å². The molecule has 2 unspecified atom stereocenters. The minimum atomic E-state index is -0.0985. The second kappa shape index (κ2) is 5.68. The fourth-order valence-electron chi connectivity index (χ4n) is 3.04. The van der Waals surface area contributed by atoms with E-state index >= 15 is 0 Å². The molecule has 1 aromatic carbocycles. The van der Waals surface area contributed by atoms with Crippen LogP contribution in [-0.2, 0) is 4.79 Å². The highest BCUT2D eigenvalue weighted by Gasteiger charge is 2.43. The van der Waals surface area contributed by atoms with Gasteiger partial charge in [-0.1, -0.05) is 32.0 Å². The summed E-state index contributed by atoms with van der Waals surface area (Å²) in [6.45, 7) is 5.04. The average Bonchev–Trinajstić information content (AvgIpc) is 3.24. The monoisotopic (exact) mass is 288 g/mol. The van der Waals surface area contributed by atoms with Gasteiger partial charge in [-0.05, 0) is 30.7 Å². The molecule has 1 aromatic rings. The van der Waals surface area contributed by atoms with E-state index in [2.05, 4.69) is 19.2 Å². The highest BCUT2D eigenvalue weighted by molar-refractivity contribution is 5.85. The highest BCUT2D eigenvalue weighted by atomic mass is 16.5. The van der Waals surface area contributed by atoms with Crippen LogP contribution >= 0.6 is 0 Å². The second-order valence-corrected chi connectivity index (χ2v) is 6.47. The largest absolute Gasteiger partial charge is 0.496 e. The lowest BCUT2D eigenvalue weighted by Gasteiger charge is -2.25. The first-order valence-electron chi connectivity index (χ1n) is 7.81. The molecule has 1 saturated carbocycles. The summed E-state index contributed by atoms with van der Waals surface area (Å²) in [6.07, 6.45) is 2.42. The van der Waals surface area contributed by atoms with Gasteiger partial charge in [-0.3, -0.25) is 10.1 Å². The van der Waals surface area contributed by atoms with Crippen LogP contribution in [0.4, 0.5) is 0 Å². The van der Waals surface area contributed by atoms with Gasteiger partial charge in [0.1, 0.15) is 11.9 Å². The van der Waals surface area contributed by atoms with Gasteiger partial charge >= 0.3 is 0 Å². The van der Waals surface area contributed by atoms with Crippen LogP contribution < -0.4 is 10.1 Å². The van der Waals surface area contributed by atoms with E-state index < -0.39 is 0 Å². The first-order chi connectivity index (χ1) is 10.1. The van der Waals surface area contributed by atoms with Crippen molar-refractivity contribution in [2.75, 3.05) is 13.7 Å². The number of amides is 1. The third kappa shape index (κ3) is 2.77. The lowest BCUT2D eigenvalue weighted by Crippen LogP contribution is -2.35. The summed E-state index contributed by atoms with van der Waals surface area (Å²) in [7, 11) is 1.68. The Kier molecular flexibility index (Phi) is 3.89. The smallest absolute Gasteiger partial charge is 0.241 e. The molecule has 0 aromatic heterocycles. The number of benzene rings is 1. The van der Waals surface area contributed by atoms with E-state index in [0.29, 0.717) is 11.8 Å². The lowest BCUT2D eigenvalue weighted by molar-refractivity contribution is -0.131. The number of methoxy groups -OCH3 is 1. The Labute approximate surface area is 126 Å². The van der Waals surface area contributed by atoms with E-state index in [1.54, 1.807) is 7.11 Å². The second-order valence-electron chi connectivity index (χ2n) is 6.47. The molecule has 1 saturated heterocycles. The van der Waals surface area contributed by atoms with Crippen LogP contribution in [0, 0.1) is 11.8 Å². The summed E-state index contributed by atoms with van der Waals surface area (Å²) in [4.78, 5) is 14.7. The lowest BCUT2D eigenvalue weighted by atomic mass is 10.0. The molecule has 4 nitrogen and oxygen atoms in total. The van der Waals surface area contributed by atoms with Crippen molar-refractivity contribution in [3.63, 3.8) is 0 Å². The molecule has 0 bridgehead atoms. The molecule has 2 aliphatic rings. The van der Waals surface area contributed by atoms with Crippen LogP contribution in [0.2, 0.25) is 0 Å². The third-order valence-corrected chi connectivity index (χ3v) is 4.45. The van der Waals surface area contributed by atoms with E-state index in [-0.39, 0.29) is 18.1 Å². The molecule has 1 N–H and O–H groups in total. The van der Waals surface area contributed by atoms with Crippen molar-refractivity contribution in [3.8, 4) is 5.75 Å². The van der Waals surface area contributed by atoms with Crippen LogP contribution in [0.25, 0.3) is 0 Å². The van der Waals surface area contributed by atoms with E-state index in [1.807, 2.05) is 29.2 Å². The maximum Gasteiger partial charge on any atom is 0.241 e. The summed E-state index contributed by atoms with van der Waals surface area (Å²) >= 11 is 0. The van der Waals surface area contributed by atoms with Crippen LogP contribution in [0.5, 0.6) is 5.75 Å². The maximum absolute atomic E-state index is 12.7. The molecule has 3 rings (SSSR count). The van der Waals surface area contributed by atoms with Crippen LogP contribution in [0.15, 0.2) is 24.3 Å². The van der Waals surface area contributed by atoms with Gasteiger partial charge in [-0.2, -0.15) is 0 Å². The molecule has 1 aliphatic carbocycles. The van der Waals surface area contributed by atoms with Gasteiger partial charge in [0.15, 0.2) is 0 Å². The molecule has 2 fully saturated rings. The summed E-state index contributed by atoms with van der Waals surface area (Å²) in [5.41, 5.74) is 1.05. The first kappa shape index (κ1) is 14.4. The van der Waals surface area contributed by atoms with Gasteiger partial charge < -0.3 is 9.64 Å². The number of nitrogens with zero attached hydrogens (tertiary/aromatic N) is 1. The molecule has 4 heteroatoms. The molecule has 21 heavy (non-hydrogen) atoms. The molecule has 1 amide bonds. The van der Waals surface area contributed by atoms with Crippen molar-refractivity contribution in [2.45, 2.75) is 38.9 Å². The number of carbonyl (C=O) groups is 1. The van der Waals surface area contributed by atoms with Gasteiger partial charge in [0.25, 0.3) is 0 Å². The number of para-hydroxylation sites is 1. The Morgan fingerprint density at radius 3 is 2.67 bits per heavy atom. The van der Waals surface area contributed by atoms with Crippen molar-refractivity contribution < 1.29 is 9.53 Å². The number of carbonyl (C=O) groups excluding carboxylic acids is 1. The molecule has 2 atom stereocenters. The number of ether oxygens (including phenoxy) is 1.